The van der Waals surface area contributed by atoms with Crippen LogP contribution in [0.5, 0.6) is 11.5 Å². The van der Waals surface area contributed by atoms with Crippen molar-refractivity contribution in [3.8, 4) is 11.5 Å². The molecule has 0 bridgehead atoms. The molecule has 6 nitrogen and oxygen atoms in total. The average molecular weight is 446 g/mol. The molecule has 33 heavy (non-hydrogen) atoms. The van der Waals surface area contributed by atoms with Crippen LogP contribution in [0.1, 0.15) is 34.8 Å². The predicted molar refractivity (Wildman–Crippen MR) is 128 cm³/mol. The topological polar surface area (TPSA) is 73.9 Å². The highest BCUT2D eigenvalue weighted by Crippen LogP contribution is 2.29. The smallest absolute Gasteiger partial charge is 0.338 e. The largest absolute Gasteiger partial charge is 0.493 e. The van der Waals surface area contributed by atoms with E-state index in [-0.39, 0.29) is 11.9 Å². The lowest BCUT2D eigenvalue weighted by molar-refractivity contribution is -0.111. The van der Waals surface area contributed by atoms with Gasteiger partial charge in [-0.05, 0) is 60.0 Å². The lowest BCUT2D eigenvalue weighted by atomic mass is 10.1. The van der Waals surface area contributed by atoms with Gasteiger partial charge in [0.05, 0.1) is 19.3 Å². The molecule has 0 aliphatic heterocycles. The summed E-state index contributed by atoms with van der Waals surface area (Å²) in [6.07, 6.45) is 3.89. The quantitative estimate of drug-likeness (QED) is 0.330. The van der Waals surface area contributed by atoms with Crippen molar-refractivity contribution in [2.75, 3.05) is 19.0 Å². The van der Waals surface area contributed by atoms with Crippen molar-refractivity contribution in [1.82, 2.24) is 0 Å². The molecule has 0 saturated carbocycles. The molecule has 0 radical (unpaired) electrons. The maximum atomic E-state index is 12.3. The second-order valence-corrected chi connectivity index (χ2v) is 7.22. The fourth-order valence-corrected chi connectivity index (χ4v) is 2.97. The summed E-state index contributed by atoms with van der Waals surface area (Å²) in [5, 5.41) is 2.77. The third-order valence-corrected chi connectivity index (χ3v) is 4.68. The molecule has 0 fully saturated rings. The van der Waals surface area contributed by atoms with E-state index >= 15 is 0 Å². The summed E-state index contributed by atoms with van der Waals surface area (Å²) in [5.74, 6) is 0.541. The van der Waals surface area contributed by atoms with Gasteiger partial charge >= 0.3 is 5.97 Å². The van der Waals surface area contributed by atoms with Gasteiger partial charge in [0.1, 0.15) is 6.61 Å². The number of ether oxygens (including phenoxy) is 3. The number of hydrogen-bond acceptors (Lipinski definition) is 5. The molecule has 3 aromatic carbocycles. The third kappa shape index (κ3) is 7.25. The van der Waals surface area contributed by atoms with Crippen LogP contribution in [0.25, 0.3) is 6.08 Å². The minimum atomic E-state index is -0.375. The number of esters is 1. The number of amides is 1. The first-order chi connectivity index (χ1) is 16.1. The van der Waals surface area contributed by atoms with E-state index in [4.69, 9.17) is 14.2 Å². The summed E-state index contributed by atoms with van der Waals surface area (Å²) in [4.78, 5) is 24.1. The molecule has 0 unspecified atom stereocenters. The van der Waals surface area contributed by atoms with Crippen molar-refractivity contribution < 1.29 is 23.8 Å². The minimum Gasteiger partial charge on any atom is -0.493 e. The van der Waals surface area contributed by atoms with Gasteiger partial charge in [-0.25, -0.2) is 4.79 Å². The maximum absolute atomic E-state index is 12.3. The van der Waals surface area contributed by atoms with Crippen LogP contribution in [0.2, 0.25) is 0 Å². The molecular weight excluding hydrogens is 418 g/mol. The van der Waals surface area contributed by atoms with Crippen molar-refractivity contribution in [2.45, 2.75) is 20.0 Å². The van der Waals surface area contributed by atoms with E-state index < -0.39 is 0 Å². The number of rotatable bonds is 10. The number of carbonyl (C=O) groups is 2. The van der Waals surface area contributed by atoms with E-state index in [1.54, 1.807) is 43.5 Å². The number of methoxy groups -OCH3 is 1. The van der Waals surface area contributed by atoms with Crippen molar-refractivity contribution >= 4 is 23.6 Å². The monoisotopic (exact) mass is 445 g/mol. The molecule has 0 aromatic heterocycles. The van der Waals surface area contributed by atoms with Gasteiger partial charge in [0.15, 0.2) is 11.5 Å². The van der Waals surface area contributed by atoms with Crippen LogP contribution in [0, 0.1) is 0 Å². The van der Waals surface area contributed by atoms with Crippen LogP contribution >= 0.6 is 0 Å². The summed E-state index contributed by atoms with van der Waals surface area (Å²) >= 11 is 0. The van der Waals surface area contributed by atoms with E-state index in [2.05, 4.69) is 5.32 Å². The Kier molecular flexibility index (Phi) is 8.65. The fourth-order valence-electron chi connectivity index (χ4n) is 2.97. The Morgan fingerprint density at radius 1 is 0.939 bits per heavy atom. The van der Waals surface area contributed by atoms with Crippen LogP contribution < -0.4 is 14.8 Å². The molecule has 3 aromatic rings. The second-order valence-electron chi connectivity index (χ2n) is 7.22. The molecule has 0 heterocycles. The van der Waals surface area contributed by atoms with Gasteiger partial charge < -0.3 is 19.5 Å². The molecule has 0 atom stereocenters. The molecule has 6 heteroatoms. The van der Waals surface area contributed by atoms with Gasteiger partial charge in [0.25, 0.3) is 0 Å². The average Bonchev–Trinajstić information content (AvgIpc) is 2.86. The molecule has 0 spiro atoms. The highest BCUT2D eigenvalue weighted by Gasteiger charge is 2.08. The van der Waals surface area contributed by atoms with Crippen LogP contribution in [-0.4, -0.2) is 25.6 Å². The lowest BCUT2D eigenvalue weighted by Gasteiger charge is -2.11. The Labute approximate surface area is 193 Å². The molecule has 1 amide bonds. The van der Waals surface area contributed by atoms with E-state index in [1.807, 2.05) is 49.4 Å². The molecule has 0 saturated heterocycles. The third-order valence-electron chi connectivity index (χ3n) is 4.68. The number of hydrogen-bond donors (Lipinski definition) is 1. The number of nitrogens with one attached hydrogen (secondary N) is 1. The number of benzene rings is 3. The molecule has 0 aliphatic rings. The highest BCUT2D eigenvalue weighted by atomic mass is 16.5. The summed E-state index contributed by atoms with van der Waals surface area (Å²) in [6.45, 7) is 2.75. The molecule has 1 N–H and O–H groups in total. The Hall–Kier alpha value is -4.06. The Morgan fingerprint density at radius 3 is 2.39 bits per heavy atom. The summed E-state index contributed by atoms with van der Waals surface area (Å²) in [7, 11) is 1.58. The van der Waals surface area contributed by atoms with Crippen LogP contribution in [-0.2, 0) is 16.1 Å². The Balaban J connectivity index is 1.57. The van der Waals surface area contributed by atoms with E-state index in [0.717, 1.165) is 17.5 Å². The summed E-state index contributed by atoms with van der Waals surface area (Å²) in [5.41, 5.74) is 2.88. The van der Waals surface area contributed by atoms with Crippen molar-refractivity contribution in [1.29, 1.82) is 0 Å². The van der Waals surface area contributed by atoms with Gasteiger partial charge in [-0.3, -0.25) is 4.79 Å². The van der Waals surface area contributed by atoms with Gasteiger partial charge in [-0.2, -0.15) is 0 Å². The maximum Gasteiger partial charge on any atom is 0.338 e. The van der Waals surface area contributed by atoms with Gasteiger partial charge in [0.2, 0.25) is 5.91 Å². The number of carbonyl (C=O) groups excluding carboxylic acids is 2. The predicted octanol–water partition coefficient (Wildman–Crippen LogP) is 5.49. The van der Waals surface area contributed by atoms with E-state index in [1.165, 1.54) is 6.08 Å². The SMILES string of the molecule is CCCOC(=O)c1ccc(NC(=O)C=Cc2ccc(OCc3ccccc3)c(OC)c2)cc1. The van der Waals surface area contributed by atoms with Gasteiger partial charge in [-0.15, -0.1) is 0 Å². The molecule has 170 valence electrons. The fraction of sp³-hybridized carbons (Fsp3) is 0.185. The standard InChI is InChI=1S/C27H27NO5/c1-3-17-32-27(30)22-11-13-23(14-12-22)28-26(29)16-10-20-9-15-24(25(18-20)31-2)33-19-21-7-5-4-6-8-21/h4-16,18H,3,17,19H2,1-2H3,(H,28,29). The van der Waals surface area contributed by atoms with Crippen molar-refractivity contribution in [2.24, 2.45) is 0 Å². The molecule has 0 aliphatic carbocycles. The van der Waals surface area contributed by atoms with E-state index in [0.29, 0.717) is 36.0 Å². The first-order valence-corrected chi connectivity index (χ1v) is 10.7. The zero-order chi connectivity index (χ0) is 23.5. The number of anilines is 1. The van der Waals surface area contributed by atoms with Crippen molar-refractivity contribution in [3.05, 3.63) is 95.6 Å². The Bertz CT molecular complexity index is 1090. The minimum absolute atomic E-state index is 0.292. The summed E-state index contributed by atoms with van der Waals surface area (Å²) in [6, 6.07) is 21.9. The first kappa shape index (κ1) is 23.6. The molecule has 3 rings (SSSR count). The zero-order valence-corrected chi connectivity index (χ0v) is 18.7. The summed E-state index contributed by atoms with van der Waals surface area (Å²) < 4.78 is 16.4. The van der Waals surface area contributed by atoms with Crippen LogP contribution in [0.3, 0.4) is 0 Å². The lowest BCUT2D eigenvalue weighted by Crippen LogP contribution is -2.09. The van der Waals surface area contributed by atoms with Crippen molar-refractivity contribution in [3.63, 3.8) is 0 Å². The van der Waals surface area contributed by atoms with Gasteiger partial charge in [0, 0.05) is 11.8 Å². The second kappa shape index (κ2) is 12.1. The normalized spacial score (nSPS) is 10.6. The van der Waals surface area contributed by atoms with Crippen LogP contribution in [0.15, 0.2) is 78.9 Å². The molecular formula is C27H27NO5. The first-order valence-electron chi connectivity index (χ1n) is 10.7. The van der Waals surface area contributed by atoms with Gasteiger partial charge in [-0.1, -0.05) is 43.3 Å². The zero-order valence-electron chi connectivity index (χ0n) is 18.7. The van der Waals surface area contributed by atoms with E-state index in [9.17, 15) is 9.59 Å². The van der Waals surface area contributed by atoms with Crippen LogP contribution in [0.4, 0.5) is 5.69 Å². The highest BCUT2D eigenvalue weighted by molar-refractivity contribution is 6.02. The Morgan fingerprint density at radius 2 is 1.70 bits per heavy atom.